The summed E-state index contributed by atoms with van der Waals surface area (Å²) in [6.45, 7) is 0.529. The molecule has 2 aliphatic rings. The van der Waals surface area contributed by atoms with Crippen LogP contribution >= 0.6 is 0 Å². The summed E-state index contributed by atoms with van der Waals surface area (Å²) in [5.74, 6) is 0.352. The van der Waals surface area contributed by atoms with Crippen molar-refractivity contribution in [3.05, 3.63) is 95.3 Å². The summed E-state index contributed by atoms with van der Waals surface area (Å²) in [6.07, 6.45) is 2.61. The second kappa shape index (κ2) is 9.29. The van der Waals surface area contributed by atoms with Crippen molar-refractivity contribution in [2.24, 2.45) is 5.92 Å². The topological polar surface area (TPSA) is 49.9 Å². The molecular formula is C28H27FN2O3. The van der Waals surface area contributed by atoms with Gasteiger partial charge >= 0.3 is 0 Å². The molecule has 0 saturated heterocycles. The number of carbonyl (C=O) groups excluding carboxylic acids is 2. The minimum Gasteiger partial charge on any atom is -0.484 e. The Hall–Kier alpha value is -3.67. The first-order valence-corrected chi connectivity index (χ1v) is 11.6. The first-order valence-electron chi connectivity index (χ1n) is 11.6. The summed E-state index contributed by atoms with van der Waals surface area (Å²) in [5.41, 5.74) is 3.77. The first kappa shape index (κ1) is 22.1. The van der Waals surface area contributed by atoms with Crippen molar-refractivity contribution in [1.29, 1.82) is 0 Å². The Kier molecular flexibility index (Phi) is 6.05. The molecule has 1 saturated carbocycles. The molecule has 1 heterocycles. The average molecular weight is 459 g/mol. The van der Waals surface area contributed by atoms with Gasteiger partial charge in [0.1, 0.15) is 11.6 Å². The van der Waals surface area contributed by atoms with Crippen LogP contribution in [-0.4, -0.2) is 36.9 Å². The van der Waals surface area contributed by atoms with Crippen LogP contribution in [0.1, 0.15) is 35.6 Å². The lowest BCUT2D eigenvalue weighted by molar-refractivity contribution is -0.134. The predicted molar refractivity (Wildman–Crippen MR) is 128 cm³/mol. The lowest BCUT2D eigenvalue weighted by Crippen LogP contribution is -2.41. The SMILES string of the molecule is CN(C(=O)COc1ccc2c(c1)C(c1ccc(F)cc1)N(C(=O)C1CC1)CC2)c1ccccc1. The molecule has 34 heavy (non-hydrogen) atoms. The van der Waals surface area contributed by atoms with Gasteiger partial charge in [-0.2, -0.15) is 0 Å². The Morgan fingerprint density at radius 3 is 2.47 bits per heavy atom. The van der Waals surface area contributed by atoms with Gasteiger partial charge < -0.3 is 14.5 Å². The molecule has 5 rings (SSSR count). The molecule has 0 N–H and O–H groups in total. The van der Waals surface area contributed by atoms with E-state index in [-0.39, 0.29) is 36.2 Å². The molecule has 1 aliphatic heterocycles. The van der Waals surface area contributed by atoms with Crippen LogP contribution in [0.4, 0.5) is 10.1 Å². The fourth-order valence-corrected chi connectivity index (χ4v) is 4.53. The van der Waals surface area contributed by atoms with Crippen molar-refractivity contribution in [3.8, 4) is 5.75 Å². The maximum absolute atomic E-state index is 13.6. The summed E-state index contributed by atoms with van der Waals surface area (Å²) in [4.78, 5) is 29.2. The number of carbonyl (C=O) groups is 2. The van der Waals surface area contributed by atoms with E-state index < -0.39 is 0 Å². The Bertz CT molecular complexity index is 1190. The third kappa shape index (κ3) is 4.53. The summed E-state index contributed by atoms with van der Waals surface area (Å²) in [6, 6.07) is 21.3. The number of likely N-dealkylation sites (N-methyl/N-ethyl adjacent to an activating group) is 1. The number of fused-ring (bicyclic) bond motifs is 1. The lowest BCUT2D eigenvalue weighted by atomic mass is 9.87. The van der Waals surface area contributed by atoms with E-state index in [0.29, 0.717) is 12.3 Å². The zero-order valence-electron chi connectivity index (χ0n) is 19.1. The number of halogens is 1. The van der Waals surface area contributed by atoms with E-state index in [2.05, 4.69) is 0 Å². The number of hydrogen-bond donors (Lipinski definition) is 0. The van der Waals surface area contributed by atoms with Crippen LogP contribution in [0.3, 0.4) is 0 Å². The molecule has 1 aliphatic carbocycles. The van der Waals surface area contributed by atoms with Crippen molar-refractivity contribution in [3.63, 3.8) is 0 Å². The molecule has 174 valence electrons. The standard InChI is InChI=1S/C28H27FN2O3/c1-30(23-5-3-2-4-6-23)26(32)18-34-24-14-11-19-15-16-31(28(33)21-7-8-21)27(25(19)17-24)20-9-12-22(29)13-10-20/h2-6,9-14,17,21,27H,7-8,15-16,18H2,1H3. The predicted octanol–water partition coefficient (Wildman–Crippen LogP) is 4.75. The van der Waals surface area contributed by atoms with Crippen molar-refractivity contribution >= 4 is 17.5 Å². The highest BCUT2D eigenvalue weighted by Gasteiger charge is 2.39. The number of benzene rings is 3. The van der Waals surface area contributed by atoms with E-state index in [1.165, 1.54) is 12.1 Å². The maximum Gasteiger partial charge on any atom is 0.264 e. The smallest absolute Gasteiger partial charge is 0.264 e. The van der Waals surface area contributed by atoms with Crippen LogP contribution < -0.4 is 9.64 Å². The molecule has 3 aromatic carbocycles. The third-order valence-electron chi connectivity index (χ3n) is 6.62. The Balaban J connectivity index is 1.40. The molecule has 2 amide bonds. The summed E-state index contributed by atoms with van der Waals surface area (Å²) in [7, 11) is 1.72. The van der Waals surface area contributed by atoms with Crippen LogP contribution in [0.2, 0.25) is 0 Å². The highest BCUT2D eigenvalue weighted by Crippen LogP contribution is 2.41. The summed E-state index contributed by atoms with van der Waals surface area (Å²) >= 11 is 0. The molecule has 5 nitrogen and oxygen atoms in total. The number of para-hydroxylation sites is 1. The van der Waals surface area contributed by atoms with Gasteiger partial charge in [0, 0.05) is 25.2 Å². The molecule has 6 heteroatoms. The number of ether oxygens (including phenoxy) is 1. The third-order valence-corrected chi connectivity index (χ3v) is 6.62. The normalized spacial score (nSPS) is 17.1. The van der Waals surface area contributed by atoms with Crippen molar-refractivity contribution in [2.45, 2.75) is 25.3 Å². The molecular weight excluding hydrogens is 431 g/mol. The van der Waals surface area contributed by atoms with Gasteiger partial charge in [-0.3, -0.25) is 9.59 Å². The Labute approximate surface area is 198 Å². The minimum atomic E-state index is -0.307. The van der Waals surface area contributed by atoms with Crippen molar-refractivity contribution in [1.82, 2.24) is 4.90 Å². The van der Waals surface area contributed by atoms with Crippen LogP contribution in [-0.2, 0) is 16.0 Å². The molecule has 0 spiro atoms. The minimum absolute atomic E-state index is 0.0927. The second-order valence-corrected chi connectivity index (χ2v) is 8.95. The zero-order chi connectivity index (χ0) is 23.7. The van der Waals surface area contributed by atoms with Crippen LogP contribution in [0.15, 0.2) is 72.8 Å². The van der Waals surface area contributed by atoms with Gasteiger partial charge in [-0.1, -0.05) is 36.4 Å². The first-order chi connectivity index (χ1) is 16.5. The molecule has 3 aromatic rings. The summed E-state index contributed by atoms with van der Waals surface area (Å²) < 4.78 is 19.5. The highest BCUT2D eigenvalue weighted by molar-refractivity contribution is 5.93. The van der Waals surface area contributed by atoms with E-state index in [0.717, 1.165) is 41.6 Å². The zero-order valence-corrected chi connectivity index (χ0v) is 19.1. The average Bonchev–Trinajstić information content (AvgIpc) is 3.72. The van der Waals surface area contributed by atoms with Crippen LogP contribution in [0, 0.1) is 11.7 Å². The molecule has 0 aromatic heterocycles. The number of anilines is 1. The largest absolute Gasteiger partial charge is 0.484 e. The molecule has 0 radical (unpaired) electrons. The van der Waals surface area contributed by atoms with Gasteiger partial charge in [0.15, 0.2) is 6.61 Å². The fourth-order valence-electron chi connectivity index (χ4n) is 4.53. The van der Waals surface area contributed by atoms with Crippen molar-refractivity contribution < 1.29 is 18.7 Å². The van der Waals surface area contributed by atoms with E-state index in [4.69, 9.17) is 4.74 Å². The van der Waals surface area contributed by atoms with Gasteiger partial charge in [0.05, 0.1) is 6.04 Å². The van der Waals surface area contributed by atoms with E-state index >= 15 is 0 Å². The van der Waals surface area contributed by atoms with E-state index in [1.807, 2.05) is 53.4 Å². The van der Waals surface area contributed by atoms with E-state index in [9.17, 15) is 14.0 Å². The van der Waals surface area contributed by atoms with Gasteiger partial charge in [-0.05, 0) is 72.4 Å². The molecule has 1 atom stereocenters. The van der Waals surface area contributed by atoms with Crippen LogP contribution in [0.25, 0.3) is 0 Å². The van der Waals surface area contributed by atoms with Crippen molar-refractivity contribution in [2.75, 3.05) is 25.1 Å². The monoisotopic (exact) mass is 458 g/mol. The van der Waals surface area contributed by atoms with Crippen LogP contribution in [0.5, 0.6) is 5.75 Å². The van der Waals surface area contributed by atoms with Gasteiger partial charge in [-0.25, -0.2) is 4.39 Å². The van der Waals surface area contributed by atoms with Gasteiger partial charge in [0.2, 0.25) is 5.91 Å². The fraction of sp³-hybridized carbons (Fsp3) is 0.286. The number of nitrogens with zero attached hydrogens (tertiary/aromatic N) is 2. The molecule has 1 unspecified atom stereocenters. The Morgan fingerprint density at radius 1 is 1.03 bits per heavy atom. The number of hydrogen-bond acceptors (Lipinski definition) is 3. The highest BCUT2D eigenvalue weighted by atomic mass is 19.1. The van der Waals surface area contributed by atoms with Gasteiger partial charge in [0.25, 0.3) is 5.91 Å². The van der Waals surface area contributed by atoms with E-state index in [1.54, 1.807) is 24.1 Å². The summed E-state index contributed by atoms with van der Waals surface area (Å²) in [5, 5.41) is 0. The number of rotatable bonds is 6. The number of amides is 2. The molecule has 0 bridgehead atoms. The quantitative estimate of drug-likeness (QED) is 0.536. The lowest BCUT2D eigenvalue weighted by Gasteiger charge is -2.38. The molecule has 1 fully saturated rings. The Morgan fingerprint density at radius 2 is 1.76 bits per heavy atom. The maximum atomic E-state index is 13.6. The van der Waals surface area contributed by atoms with Gasteiger partial charge in [-0.15, -0.1) is 0 Å². The second-order valence-electron chi connectivity index (χ2n) is 8.95.